The molecule has 9 nitrogen and oxygen atoms in total. The molecule has 3 aromatic rings. The average Bonchev–Trinajstić information content (AvgIpc) is 3.29. The van der Waals surface area contributed by atoms with Gasteiger partial charge in [-0.1, -0.05) is 17.7 Å². The van der Waals surface area contributed by atoms with Gasteiger partial charge >= 0.3 is 6.09 Å². The Hall–Kier alpha value is -4.14. The van der Waals surface area contributed by atoms with Crippen LogP contribution < -0.4 is 10.6 Å². The molecule has 4 rings (SSSR count). The van der Waals surface area contributed by atoms with Crippen molar-refractivity contribution >= 4 is 29.3 Å². The number of carbonyl (C=O) groups excluding carboxylic acids is 3. The number of aryl methyl sites for hydroxylation is 2. The molecule has 1 aliphatic rings. The van der Waals surface area contributed by atoms with Crippen molar-refractivity contribution in [3.8, 4) is 5.69 Å². The second-order valence-electron chi connectivity index (χ2n) is 11.1. The molecule has 0 saturated carbocycles. The number of carbonyl (C=O) groups is 3. The quantitative estimate of drug-likeness (QED) is 0.432. The van der Waals surface area contributed by atoms with Crippen LogP contribution in [0.5, 0.6) is 0 Å². The number of nitrogens with one attached hydrogen (secondary N) is 2. The summed E-state index contributed by atoms with van der Waals surface area (Å²) in [5.74, 6) is -0.398. The number of ether oxygens (including phenoxy) is 1. The number of piperidine rings is 1. The van der Waals surface area contributed by atoms with Crippen molar-refractivity contribution in [2.24, 2.45) is 0 Å². The Morgan fingerprint density at radius 1 is 0.949 bits per heavy atom. The zero-order valence-corrected chi connectivity index (χ0v) is 23.5. The summed E-state index contributed by atoms with van der Waals surface area (Å²) in [6, 6.07) is 13.1. The summed E-state index contributed by atoms with van der Waals surface area (Å²) in [5, 5.41) is 10.4. The monoisotopic (exact) mass is 531 g/mol. The van der Waals surface area contributed by atoms with E-state index in [-0.39, 0.29) is 23.8 Å². The van der Waals surface area contributed by atoms with Gasteiger partial charge in [0.15, 0.2) is 0 Å². The zero-order chi connectivity index (χ0) is 28.3. The maximum atomic E-state index is 13.5. The minimum atomic E-state index is -0.554. The third kappa shape index (κ3) is 6.85. The van der Waals surface area contributed by atoms with Gasteiger partial charge in [-0.05, 0) is 83.4 Å². The minimum absolute atomic E-state index is 0.0229. The fraction of sp³-hybridized carbons (Fsp3) is 0.400. The Morgan fingerprint density at radius 3 is 2.13 bits per heavy atom. The van der Waals surface area contributed by atoms with Crippen LogP contribution >= 0.6 is 0 Å². The van der Waals surface area contributed by atoms with Crippen molar-refractivity contribution in [2.75, 3.05) is 23.7 Å². The lowest BCUT2D eigenvalue weighted by atomic mass is 9.90. The van der Waals surface area contributed by atoms with Gasteiger partial charge in [0.2, 0.25) is 5.91 Å². The highest BCUT2D eigenvalue weighted by Crippen LogP contribution is 2.34. The molecule has 9 heteroatoms. The number of hydrogen-bond acceptors (Lipinski definition) is 5. The minimum Gasteiger partial charge on any atom is -0.444 e. The molecule has 0 atom stereocenters. The van der Waals surface area contributed by atoms with Gasteiger partial charge in [-0.25, -0.2) is 9.48 Å². The first-order valence-corrected chi connectivity index (χ1v) is 13.2. The fourth-order valence-electron chi connectivity index (χ4n) is 4.86. The first kappa shape index (κ1) is 27.9. The van der Waals surface area contributed by atoms with Crippen LogP contribution in [0, 0.1) is 13.8 Å². The summed E-state index contributed by atoms with van der Waals surface area (Å²) in [6.45, 7) is 12.2. The van der Waals surface area contributed by atoms with Crippen LogP contribution in [0.2, 0.25) is 0 Å². The smallest absolute Gasteiger partial charge is 0.410 e. The van der Waals surface area contributed by atoms with E-state index in [9.17, 15) is 14.4 Å². The molecule has 1 aromatic heterocycles. The van der Waals surface area contributed by atoms with Crippen LogP contribution in [0.4, 0.5) is 16.2 Å². The predicted molar refractivity (Wildman–Crippen MR) is 152 cm³/mol. The maximum Gasteiger partial charge on any atom is 0.410 e. The molecule has 206 valence electrons. The lowest BCUT2D eigenvalue weighted by Crippen LogP contribution is -2.41. The molecule has 1 saturated heterocycles. The number of anilines is 2. The highest BCUT2D eigenvalue weighted by molar-refractivity contribution is 6.05. The molecular formula is C30H37N5O4. The Morgan fingerprint density at radius 2 is 1.56 bits per heavy atom. The van der Waals surface area contributed by atoms with E-state index in [1.807, 2.05) is 51.4 Å². The molecule has 0 bridgehead atoms. The van der Waals surface area contributed by atoms with Crippen LogP contribution in [0.1, 0.15) is 73.6 Å². The van der Waals surface area contributed by atoms with Crippen molar-refractivity contribution < 1.29 is 19.1 Å². The highest BCUT2D eigenvalue weighted by atomic mass is 16.6. The molecule has 0 unspecified atom stereocenters. The van der Waals surface area contributed by atoms with Gasteiger partial charge in [0.05, 0.1) is 23.1 Å². The number of likely N-dealkylation sites (tertiary alicyclic amines) is 1. The number of nitrogens with zero attached hydrogens (tertiary/aromatic N) is 3. The summed E-state index contributed by atoms with van der Waals surface area (Å²) in [6.07, 6.45) is 2.67. The first-order chi connectivity index (χ1) is 18.4. The number of aromatic nitrogens is 2. The normalized spacial score (nSPS) is 14.2. The topological polar surface area (TPSA) is 106 Å². The average molecular weight is 532 g/mol. The summed E-state index contributed by atoms with van der Waals surface area (Å²) in [5.41, 5.74) is 5.17. The van der Waals surface area contributed by atoms with Gasteiger partial charge in [-0.3, -0.25) is 9.59 Å². The van der Waals surface area contributed by atoms with Gasteiger partial charge < -0.3 is 20.3 Å². The summed E-state index contributed by atoms with van der Waals surface area (Å²) >= 11 is 0. The van der Waals surface area contributed by atoms with Crippen LogP contribution in [0.25, 0.3) is 5.69 Å². The molecule has 2 aromatic carbocycles. The predicted octanol–water partition coefficient (Wildman–Crippen LogP) is 5.81. The first-order valence-electron chi connectivity index (χ1n) is 13.2. The van der Waals surface area contributed by atoms with E-state index in [0.29, 0.717) is 42.9 Å². The standard InChI is InChI=1S/C30H37N5O4/c1-19-7-12-26(20(2)17-19)35-27(22-13-15-34(16-14-22)29(38)39-30(4,5)6)25(18-31-35)28(37)33-24-10-8-23(9-11-24)32-21(3)36/h7-12,17-18,22H,13-16H2,1-6H3,(H,32,36)(H,33,37). The van der Waals surface area contributed by atoms with E-state index >= 15 is 0 Å². The summed E-state index contributed by atoms with van der Waals surface area (Å²) in [4.78, 5) is 39.2. The number of rotatable bonds is 5. The molecule has 39 heavy (non-hydrogen) atoms. The summed E-state index contributed by atoms with van der Waals surface area (Å²) < 4.78 is 7.44. The van der Waals surface area contributed by atoms with Gasteiger partial charge in [0, 0.05) is 37.3 Å². The fourth-order valence-corrected chi connectivity index (χ4v) is 4.86. The molecule has 2 N–H and O–H groups in total. The van der Waals surface area contributed by atoms with Gasteiger partial charge in [-0.15, -0.1) is 0 Å². The maximum absolute atomic E-state index is 13.5. The van der Waals surface area contributed by atoms with Crippen molar-refractivity contribution in [3.05, 3.63) is 71.0 Å². The van der Waals surface area contributed by atoms with Crippen molar-refractivity contribution in [2.45, 2.75) is 65.9 Å². The SMILES string of the molecule is CC(=O)Nc1ccc(NC(=O)c2cnn(-c3ccc(C)cc3C)c2C2CCN(C(=O)OC(C)(C)C)CC2)cc1. The van der Waals surface area contributed by atoms with E-state index in [1.165, 1.54) is 6.92 Å². The molecule has 0 aliphatic carbocycles. The van der Waals surface area contributed by atoms with Crippen LogP contribution in [-0.4, -0.2) is 51.3 Å². The van der Waals surface area contributed by atoms with E-state index in [4.69, 9.17) is 4.74 Å². The third-order valence-corrected chi connectivity index (χ3v) is 6.63. The van der Waals surface area contributed by atoms with Crippen molar-refractivity contribution in [1.82, 2.24) is 14.7 Å². The van der Waals surface area contributed by atoms with E-state index in [2.05, 4.69) is 21.8 Å². The second kappa shape index (κ2) is 11.3. The third-order valence-electron chi connectivity index (χ3n) is 6.63. The number of amides is 3. The van der Waals surface area contributed by atoms with Crippen molar-refractivity contribution in [1.29, 1.82) is 0 Å². The molecule has 0 radical (unpaired) electrons. The zero-order valence-electron chi connectivity index (χ0n) is 23.5. The number of hydrogen-bond donors (Lipinski definition) is 2. The number of benzene rings is 2. The van der Waals surface area contributed by atoms with Gasteiger partial charge in [-0.2, -0.15) is 5.10 Å². The molecule has 3 amide bonds. The molecule has 0 spiro atoms. The van der Waals surface area contributed by atoms with Crippen LogP contribution in [0.3, 0.4) is 0 Å². The Bertz CT molecular complexity index is 1360. The molecular weight excluding hydrogens is 494 g/mol. The second-order valence-corrected chi connectivity index (χ2v) is 11.1. The molecule has 1 fully saturated rings. The Balaban J connectivity index is 1.61. The van der Waals surface area contributed by atoms with E-state index in [0.717, 1.165) is 22.5 Å². The Kier molecular flexibility index (Phi) is 8.09. The molecule has 2 heterocycles. The van der Waals surface area contributed by atoms with Gasteiger partial charge in [0.25, 0.3) is 5.91 Å². The summed E-state index contributed by atoms with van der Waals surface area (Å²) in [7, 11) is 0. The highest BCUT2D eigenvalue weighted by Gasteiger charge is 2.32. The van der Waals surface area contributed by atoms with E-state index in [1.54, 1.807) is 35.4 Å². The Labute approximate surface area is 229 Å². The van der Waals surface area contributed by atoms with Crippen molar-refractivity contribution in [3.63, 3.8) is 0 Å². The largest absolute Gasteiger partial charge is 0.444 e. The lowest BCUT2D eigenvalue weighted by Gasteiger charge is -2.34. The molecule has 1 aliphatic heterocycles. The van der Waals surface area contributed by atoms with E-state index < -0.39 is 5.60 Å². The lowest BCUT2D eigenvalue weighted by molar-refractivity contribution is -0.114. The van der Waals surface area contributed by atoms with Gasteiger partial charge in [0.1, 0.15) is 5.60 Å². The van der Waals surface area contributed by atoms with Crippen LogP contribution in [-0.2, 0) is 9.53 Å². The van der Waals surface area contributed by atoms with Crippen LogP contribution in [0.15, 0.2) is 48.7 Å².